The highest BCUT2D eigenvalue weighted by Gasteiger charge is 2.14. The Kier molecular flexibility index (Phi) is 4.28. The van der Waals surface area contributed by atoms with Crippen LogP contribution in [-0.2, 0) is 11.2 Å². The third kappa shape index (κ3) is 3.43. The van der Waals surface area contributed by atoms with Gasteiger partial charge in [0.2, 0.25) is 11.9 Å². The fraction of sp³-hybridized carbons (Fsp3) is 0.0625. The van der Waals surface area contributed by atoms with Crippen LogP contribution >= 0.6 is 0 Å². The predicted molar refractivity (Wildman–Crippen MR) is 85.3 cm³/mol. The van der Waals surface area contributed by atoms with Crippen molar-refractivity contribution in [2.45, 2.75) is 6.42 Å². The van der Waals surface area contributed by atoms with Gasteiger partial charge in [0.15, 0.2) is 5.82 Å². The van der Waals surface area contributed by atoms with Crippen molar-refractivity contribution in [3.8, 4) is 11.4 Å². The van der Waals surface area contributed by atoms with Crippen molar-refractivity contribution in [3.63, 3.8) is 0 Å². The average molecular weight is 323 g/mol. The van der Waals surface area contributed by atoms with E-state index >= 15 is 0 Å². The molecule has 0 aliphatic heterocycles. The Morgan fingerprint density at radius 1 is 1.17 bits per heavy atom. The Morgan fingerprint density at radius 3 is 2.75 bits per heavy atom. The van der Waals surface area contributed by atoms with Crippen molar-refractivity contribution in [3.05, 3.63) is 59.9 Å². The SMILES string of the molecule is O=C(Cc1ccccc1C(=O)O)Nc1n[nH]c(-c2cccnc2)n1. The molecule has 2 heterocycles. The zero-order valence-electron chi connectivity index (χ0n) is 12.4. The number of aromatic nitrogens is 4. The Balaban J connectivity index is 1.70. The number of aromatic amines is 1. The van der Waals surface area contributed by atoms with E-state index in [1.165, 1.54) is 6.07 Å². The predicted octanol–water partition coefficient (Wildman–Crippen LogP) is 1.75. The first-order valence-corrected chi connectivity index (χ1v) is 7.07. The van der Waals surface area contributed by atoms with E-state index in [9.17, 15) is 9.59 Å². The lowest BCUT2D eigenvalue weighted by molar-refractivity contribution is -0.115. The molecule has 0 atom stereocenters. The fourth-order valence-electron chi connectivity index (χ4n) is 2.17. The number of aromatic carboxylic acids is 1. The van der Waals surface area contributed by atoms with Gasteiger partial charge in [-0.1, -0.05) is 18.2 Å². The van der Waals surface area contributed by atoms with E-state index in [0.29, 0.717) is 11.4 Å². The second kappa shape index (κ2) is 6.69. The molecule has 0 unspecified atom stereocenters. The van der Waals surface area contributed by atoms with Gasteiger partial charge in [0.1, 0.15) is 0 Å². The molecule has 0 fully saturated rings. The molecule has 0 radical (unpaired) electrons. The number of rotatable bonds is 5. The summed E-state index contributed by atoms with van der Waals surface area (Å²) < 4.78 is 0. The smallest absolute Gasteiger partial charge is 0.335 e. The van der Waals surface area contributed by atoms with Crippen molar-refractivity contribution in [1.29, 1.82) is 0 Å². The van der Waals surface area contributed by atoms with Crippen LogP contribution in [0.1, 0.15) is 15.9 Å². The number of carbonyl (C=O) groups is 2. The van der Waals surface area contributed by atoms with Crippen molar-refractivity contribution in [2.24, 2.45) is 0 Å². The number of benzene rings is 1. The summed E-state index contributed by atoms with van der Waals surface area (Å²) in [6, 6.07) is 9.92. The third-order valence-corrected chi connectivity index (χ3v) is 3.27. The van der Waals surface area contributed by atoms with Crippen molar-refractivity contribution in [2.75, 3.05) is 5.32 Å². The van der Waals surface area contributed by atoms with Gasteiger partial charge in [0.25, 0.3) is 0 Å². The van der Waals surface area contributed by atoms with Crippen LogP contribution in [0.3, 0.4) is 0 Å². The van der Waals surface area contributed by atoms with Crippen molar-refractivity contribution >= 4 is 17.8 Å². The molecule has 0 bridgehead atoms. The second-order valence-corrected chi connectivity index (χ2v) is 4.94. The van der Waals surface area contributed by atoms with Gasteiger partial charge < -0.3 is 5.11 Å². The Bertz CT molecular complexity index is 876. The Labute approximate surface area is 136 Å². The molecule has 1 amide bonds. The van der Waals surface area contributed by atoms with Crippen LogP contribution < -0.4 is 5.32 Å². The van der Waals surface area contributed by atoms with Crippen LogP contribution in [0.15, 0.2) is 48.8 Å². The molecule has 3 rings (SSSR count). The van der Waals surface area contributed by atoms with E-state index in [1.807, 2.05) is 6.07 Å². The van der Waals surface area contributed by atoms with Crippen LogP contribution in [0.25, 0.3) is 11.4 Å². The third-order valence-electron chi connectivity index (χ3n) is 3.27. The molecule has 0 spiro atoms. The number of anilines is 1. The monoisotopic (exact) mass is 323 g/mol. The standard InChI is InChI=1S/C16H13N5O3/c22-13(8-10-4-1-2-6-12(10)15(23)24)18-16-19-14(20-21-16)11-5-3-7-17-9-11/h1-7,9H,8H2,(H,23,24)(H2,18,19,20,21,22). The number of pyridine rings is 1. The number of amides is 1. The summed E-state index contributed by atoms with van der Waals surface area (Å²) in [5.74, 6) is -0.883. The molecular formula is C16H13N5O3. The number of carbonyl (C=O) groups excluding carboxylic acids is 1. The first kappa shape index (κ1) is 15.3. The summed E-state index contributed by atoms with van der Waals surface area (Å²) >= 11 is 0. The number of carboxylic acids is 1. The van der Waals surface area contributed by atoms with Gasteiger partial charge in [-0.2, -0.15) is 4.98 Å². The highest BCUT2D eigenvalue weighted by atomic mass is 16.4. The van der Waals surface area contributed by atoms with Gasteiger partial charge in [0, 0.05) is 18.0 Å². The number of hydrogen-bond acceptors (Lipinski definition) is 5. The maximum absolute atomic E-state index is 12.1. The van der Waals surface area contributed by atoms with Crippen molar-refractivity contribution in [1.82, 2.24) is 20.2 Å². The normalized spacial score (nSPS) is 10.3. The first-order valence-electron chi connectivity index (χ1n) is 7.07. The van der Waals surface area contributed by atoms with Gasteiger partial charge in [-0.3, -0.25) is 20.2 Å². The molecule has 8 heteroatoms. The van der Waals surface area contributed by atoms with Gasteiger partial charge in [-0.25, -0.2) is 4.79 Å². The summed E-state index contributed by atoms with van der Waals surface area (Å²) in [6.07, 6.45) is 3.18. The molecule has 1 aromatic carbocycles. The van der Waals surface area contributed by atoms with E-state index in [0.717, 1.165) is 5.56 Å². The quantitative estimate of drug-likeness (QED) is 0.657. The topological polar surface area (TPSA) is 121 Å². The van der Waals surface area contributed by atoms with Gasteiger partial charge in [0.05, 0.1) is 12.0 Å². The molecular weight excluding hydrogens is 310 g/mol. The lowest BCUT2D eigenvalue weighted by Gasteiger charge is -2.05. The lowest BCUT2D eigenvalue weighted by Crippen LogP contribution is -2.17. The lowest BCUT2D eigenvalue weighted by atomic mass is 10.0. The van der Waals surface area contributed by atoms with Crippen LogP contribution in [0.4, 0.5) is 5.95 Å². The van der Waals surface area contributed by atoms with Crippen molar-refractivity contribution < 1.29 is 14.7 Å². The molecule has 2 aromatic heterocycles. The van der Waals surface area contributed by atoms with E-state index in [-0.39, 0.29) is 17.9 Å². The summed E-state index contributed by atoms with van der Waals surface area (Å²) in [6.45, 7) is 0. The minimum Gasteiger partial charge on any atom is -0.478 e. The molecule has 0 aliphatic rings. The highest BCUT2D eigenvalue weighted by molar-refractivity contribution is 5.95. The van der Waals surface area contributed by atoms with E-state index < -0.39 is 11.9 Å². The fourth-order valence-corrected chi connectivity index (χ4v) is 2.17. The largest absolute Gasteiger partial charge is 0.478 e. The number of hydrogen-bond donors (Lipinski definition) is 3. The highest BCUT2D eigenvalue weighted by Crippen LogP contribution is 2.14. The molecule has 24 heavy (non-hydrogen) atoms. The summed E-state index contributed by atoms with van der Waals surface area (Å²) in [7, 11) is 0. The first-order chi connectivity index (χ1) is 11.6. The van der Waals surface area contributed by atoms with Crippen LogP contribution in [-0.4, -0.2) is 37.1 Å². The Morgan fingerprint density at radius 2 is 2.00 bits per heavy atom. The molecule has 0 saturated carbocycles. The zero-order chi connectivity index (χ0) is 16.9. The molecule has 0 aliphatic carbocycles. The summed E-state index contributed by atoms with van der Waals surface area (Å²) in [5, 5.41) is 18.3. The number of H-pyrrole nitrogens is 1. The number of nitrogens with zero attached hydrogens (tertiary/aromatic N) is 3. The molecule has 0 saturated heterocycles. The molecule has 3 aromatic rings. The van der Waals surface area contributed by atoms with E-state index in [1.54, 1.807) is 36.7 Å². The molecule has 120 valence electrons. The van der Waals surface area contributed by atoms with Crippen LogP contribution in [0.5, 0.6) is 0 Å². The number of carboxylic acid groups (broad SMARTS) is 1. The molecule has 8 nitrogen and oxygen atoms in total. The minimum absolute atomic E-state index is 0.0841. The van der Waals surface area contributed by atoms with Gasteiger partial charge in [-0.15, -0.1) is 5.10 Å². The van der Waals surface area contributed by atoms with Crippen LogP contribution in [0.2, 0.25) is 0 Å². The van der Waals surface area contributed by atoms with E-state index in [4.69, 9.17) is 5.11 Å². The minimum atomic E-state index is -1.07. The zero-order valence-corrected chi connectivity index (χ0v) is 12.4. The van der Waals surface area contributed by atoms with Crippen LogP contribution in [0, 0.1) is 0 Å². The maximum Gasteiger partial charge on any atom is 0.335 e. The van der Waals surface area contributed by atoms with Gasteiger partial charge in [-0.05, 0) is 23.8 Å². The molecule has 3 N–H and O–H groups in total. The summed E-state index contributed by atoms with van der Waals surface area (Å²) in [4.78, 5) is 31.4. The second-order valence-electron chi connectivity index (χ2n) is 4.94. The average Bonchev–Trinajstić information content (AvgIpc) is 3.04. The number of nitrogens with one attached hydrogen (secondary N) is 2. The Hall–Kier alpha value is -3.55. The van der Waals surface area contributed by atoms with E-state index in [2.05, 4.69) is 25.5 Å². The maximum atomic E-state index is 12.1. The van der Waals surface area contributed by atoms with Gasteiger partial charge >= 0.3 is 5.97 Å². The summed E-state index contributed by atoms with van der Waals surface area (Å²) in [5.41, 5.74) is 1.26.